The zero-order chi connectivity index (χ0) is 11.3. The lowest BCUT2D eigenvalue weighted by Crippen LogP contribution is -2.54. The summed E-state index contributed by atoms with van der Waals surface area (Å²) in [6, 6.07) is 0. The topological polar surface area (TPSA) is 32.3 Å². The average Bonchev–Trinajstić information content (AvgIpc) is 2.21. The highest BCUT2D eigenvalue weighted by atomic mass is 16.3. The molecule has 0 bridgehead atoms. The minimum atomic E-state index is 0.211. The second-order valence-corrected chi connectivity index (χ2v) is 5.34. The van der Waals surface area contributed by atoms with Gasteiger partial charge in [-0.25, -0.2) is 0 Å². The first-order chi connectivity index (χ1) is 7.14. The zero-order valence-electron chi connectivity index (χ0n) is 10.6. The van der Waals surface area contributed by atoms with Crippen molar-refractivity contribution in [1.29, 1.82) is 0 Å². The molecule has 2 N–H and O–H groups in total. The lowest BCUT2D eigenvalue weighted by molar-refractivity contribution is 0.0876. The molecule has 0 aromatic heterocycles. The molecule has 0 aromatic rings. The first-order valence-electron chi connectivity index (χ1n) is 6.50. The number of nitrogens with one attached hydrogen (secondary N) is 1. The molecule has 1 saturated carbocycles. The molecule has 2 nitrogen and oxygen atoms in total. The third-order valence-electron chi connectivity index (χ3n) is 4.03. The Morgan fingerprint density at radius 2 is 2.07 bits per heavy atom. The summed E-state index contributed by atoms with van der Waals surface area (Å²) in [5.41, 5.74) is 0.211. The van der Waals surface area contributed by atoms with Gasteiger partial charge in [-0.05, 0) is 44.1 Å². The molecule has 1 aliphatic carbocycles. The largest absolute Gasteiger partial charge is 0.396 e. The van der Waals surface area contributed by atoms with Gasteiger partial charge in [0.05, 0.1) is 0 Å². The average molecular weight is 213 g/mol. The smallest absolute Gasteiger partial charge is 0.0448 e. The van der Waals surface area contributed by atoms with E-state index in [-0.39, 0.29) is 5.54 Å². The van der Waals surface area contributed by atoms with Gasteiger partial charge < -0.3 is 10.4 Å². The minimum absolute atomic E-state index is 0.211. The molecule has 0 aromatic carbocycles. The Kier molecular flexibility index (Phi) is 5.07. The number of rotatable bonds is 5. The van der Waals surface area contributed by atoms with Crippen LogP contribution in [0, 0.1) is 11.8 Å². The summed E-state index contributed by atoms with van der Waals surface area (Å²) in [6.07, 6.45) is 5.97. The minimum Gasteiger partial charge on any atom is -0.396 e. The van der Waals surface area contributed by atoms with Gasteiger partial charge in [-0.2, -0.15) is 0 Å². The van der Waals surface area contributed by atoms with Crippen molar-refractivity contribution in [3.8, 4) is 0 Å². The fraction of sp³-hybridized carbons (Fsp3) is 1.00. The van der Waals surface area contributed by atoms with Crippen molar-refractivity contribution in [3.05, 3.63) is 0 Å². The van der Waals surface area contributed by atoms with E-state index in [0.29, 0.717) is 12.5 Å². The van der Waals surface area contributed by atoms with E-state index < -0.39 is 0 Å². The van der Waals surface area contributed by atoms with Crippen LogP contribution in [-0.4, -0.2) is 23.8 Å². The molecular weight excluding hydrogens is 186 g/mol. The Hall–Kier alpha value is -0.0800. The first kappa shape index (κ1) is 13.0. The van der Waals surface area contributed by atoms with Gasteiger partial charge >= 0.3 is 0 Å². The molecule has 2 heteroatoms. The van der Waals surface area contributed by atoms with Crippen LogP contribution < -0.4 is 5.32 Å². The van der Waals surface area contributed by atoms with Gasteiger partial charge in [0, 0.05) is 12.1 Å². The van der Waals surface area contributed by atoms with E-state index >= 15 is 0 Å². The quantitative estimate of drug-likeness (QED) is 0.735. The highest BCUT2D eigenvalue weighted by Crippen LogP contribution is 2.38. The Balaban J connectivity index is 2.66. The predicted molar refractivity (Wildman–Crippen MR) is 64.9 cm³/mol. The summed E-state index contributed by atoms with van der Waals surface area (Å²) in [7, 11) is 0. The normalized spacial score (nSPS) is 36.8. The van der Waals surface area contributed by atoms with E-state index in [1.165, 1.54) is 25.7 Å². The van der Waals surface area contributed by atoms with Crippen LogP contribution in [0.4, 0.5) is 0 Å². The molecular formula is C13H27NO. The van der Waals surface area contributed by atoms with Crippen molar-refractivity contribution in [2.24, 2.45) is 11.8 Å². The van der Waals surface area contributed by atoms with E-state index in [0.717, 1.165) is 18.9 Å². The summed E-state index contributed by atoms with van der Waals surface area (Å²) in [4.78, 5) is 0. The van der Waals surface area contributed by atoms with Crippen LogP contribution in [0.15, 0.2) is 0 Å². The predicted octanol–water partition coefficient (Wildman–Crippen LogP) is 2.56. The Bertz CT molecular complexity index is 183. The summed E-state index contributed by atoms with van der Waals surface area (Å²) in [5.74, 6) is 1.50. The monoisotopic (exact) mass is 213 g/mol. The Labute approximate surface area is 94.5 Å². The van der Waals surface area contributed by atoms with E-state index in [2.05, 4.69) is 26.1 Å². The molecule has 15 heavy (non-hydrogen) atoms. The highest BCUT2D eigenvalue weighted by molar-refractivity contribution is 4.96. The van der Waals surface area contributed by atoms with Crippen LogP contribution in [0.2, 0.25) is 0 Å². The number of hydrogen-bond acceptors (Lipinski definition) is 2. The SMILES string of the molecule is CCCNC1(CCO)CC(C)CCC1C. The highest BCUT2D eigenvalue weighted by Gasteiger charge is 2.39. The van der Waals surface area contributed by atoms with E-state index in [9.17, 15) is 5.11 Å². The van der Waals surface area contributed by atoms with E-state index in [1.807, 2.05) is 0 Å². The fourth-order valence-corrected chi connectivity index (χ4v) is 2.99. The van der Waals surface area contributed by atoms with Crippen LogP contribution in [0.1, 0.15) is 52.9 Å². The third kappa shape index (κ3) is 3.18. The molecule has 0 amide bonds. The lowest BCUT2D eigenvalue weighted by Gasteiger charge is -2.46. The van der Waals surface area contributed by atoms with Gasteiger partial charge in [0.25, 0.3) is 0 Å². The van der Waals surface area contributed by atoms with Gasteiger partial charge in [-0.15, -0.1) is 0 Å². The van der Waals surface area contributed by atoms with Crippen molar-refractivity contribution in [1.82, 2.24) is 5.32 Å². The third-order valence-corrected chi connectivity index (χ3v) is 4.03. The number of aliphatic hydroxyl groups excluding tert-OH is 1. The molecule has 90 valence electrons. The van der Waals surface area contributed by atoms with Crippen molar-refractivity contribution in [3.63, 3.8) is 0 Å². The van der Waals surface area contributed by atoms with Crippen LogP contribution in [-0.2, 0) is 0 Å². The van der Waals surface area contributed by atoms with Gasteiger partial charge in [-0.1, -0.05) is 27.2 Å². The lowest BCUT2D eigenvalue weighted by atomic mass is 9.68. The summed E-state index contributed by atoms with van der Waals surface area (Å²) in [5, 5.41) is 13.0. The maximum atomic E-state index is 9.25. The summed E-state index contributed by atoms with van der Waals surface area (Å²) in [6.45, 7) is 8.28. The van der Waals surface area contributed by atoms with Gasteiger partial charge in [0.15, 0.2) is 0 Å². The van der Waals surface area contributed by atoms with Crippen molar-refractivity contribution < 1.29 is 5.11 Å². The van der Waals surface area contributed by atoms with Crippen molar-refractivity contribution in [2.75, 3.05) is 13.2 Å². The maximum absolute atomic E-state index is 9.25. The van der Waals surface area contributed by atoms with Crippen LogP contribution in [0.25, 0.3) is 0 Å². The van der Waals surface area contributed by atoms with Gasteiger partial charge in [0.1, 0.15) is 0 Å². The Morgan fingerprint density at radius 1 is 1.33 bits per heavy atom. The molecule has 3 unspecified atom stereocenters. The van der Waals surface area contributed by atoms with Crippen LogP contribution in [0.3, 0.4) is 0 Å². The molecule has 1 aliphatic rings. The van der Waals surface area contributed by atoms with E-state index in [1.54, 1.807) is 0 Å². The molecule has 0 heterocycles. The molecule has 3 atom stereocenters. The fourth-order valence-electron chi connectivity index (χ4n) is 2.99. The second-order valence-electron chi connectivity index (χ2n) is 5.34. The molecule has 0 aliphatic heterocycles. The van der Waals surface area contributed by atoms with E-state index in [4.69, 9.17) is 0 Å². The zero-order valence-corrected chi connectivity index (χ0v) is 10.6. The first-order valence-corrected chi connectivity index (χ1v) is 6.50. The number of aliphatic hydroxyl groups is 1. The standard InChI is InChI=1S/C13H27NO/c1-4-8-14-13(7-9-15)10-11(2)5-6-12(13)3/h11-12,14-15H,4-10H2,1-3H3. The summed E-state index contributed by atoms with van der Waals surface area (Å²) < 4.78 is 0. The molecule has 0 saturated heterocycles. The van der Waals surface area contributed by atoms with Gasteiger partial charge in [-0.3, -0.25) is 0 Å². The van der Waals surface area contributed by atoms with Gasteiger partial charge in [0.2, 0.25) is 0 Å². The van der Waals surface area contributed by atoms with Crippen LogP contribution >= 0.6 is 0 Å². The van der Waals surface area contributed by atoms with Crippen molar-refractivity contribution >= 4 is 0 Å². The van der Waals surface area contributed by atoms with Crippen LogP contribution in [0.5, 0.6) is 0 Å². The Morgan fingerprint density at radius 3 is 2.67 bits per heavy atom. The number of hydrogen-bond donors (Lipinski definition) is 2. The second kappa shape index (κ2) is 5.86. The molecule has 1 fully saturated rings. The molecule has 0 radical (unpaired) electrons. The molecule has 0 spiro atoms. The maximum Gasteiger partial charge on any atom is 0.0448 e. The summed E-state index contributed by atoms with van der Waals surface area (Å²) >= 11 is 0. The molecule has 1 rings (SSSR count). The van der Waals surface area contributed by atoms with Crippen molar-refractivity contribution in [2.45, 2.75) is 58.4 Å².